The minimum atomic E-state index is -4.83. The number of carbonyl (C=O) groups is 1. The average Bonchev–Trinajstić information content (AvgIpc) is 2.40. The molecule has 1 aromatic carbocycles. The fraction of sp³-hybridized carbons (Fsp3) is 0.533. The molecule has 0 heterocycles. The molecular weight excluding hydrogens is 288 g/mol. The Kier molecular flexibility index (Phi) is 4.54. The maximum Gasteiger partial charge on any atom is 0.419 e. The number of hydrogen-bond donors (Lipinski definition) is 0. The fourth-order valence-electron chi connectivity index (χ4n) is 2.57. The molecule has 2 unspecified atom stereocenters. The Bertz CT molecular complexity index is 525. The number of esters is 1. The van der Waals surface area contributed by atoms with E-state index in [9.17, 15) is 22.4 Å². The van der Waals surface area contributed by atoms with Gasteiger partial charge >= 0.3 is 12.1 Å². The third-order valence-electron chi connectivity index (χ3n) is 3.82. The van der Waals surface area contributed by atoms with Crippen molar-refractivity contribution < 1.29 is 27.1 Å². The third kappa shape index (κ3) is 3.54. The number of halogens is 4. The Morgan fingerprint density at radius 1 is 1.24 bits per heavy atom. The molecule has 1 saturated carbocycles. The van der Waals surface area contributed by atoms with Crippen molar-refractivity contribution in [1.82, 2.24) is 0 Å². The molecule has 0 radical (unpaired) electrons. The summed E-state index contributed by atoms with van der Waals surface area (Å²) in [5.74, 6) is -2.47. The molecular formula is C15H16F4O2. The van der Waals surface area contributed by atoms with Crippen LogP contribution in [0.1, 0.15) is 48.5 Å². The average molecular weight is 304 g/mol. The molecule has 1 aromatic rings. The second-order valence-electron chi connectivity index (χ2n) is 5.37. The second-order valence-corrected chi connectivity index (χ2v) is 5.37. The van der Waals surface area contributed by atoms with Gasteiger partial charge in [0.25, 0.3) is 0 Å². The normalized spacial score (nSPS) is 22.9. The number of ether oxygens (including phenoxy) is 1. The van der Waals surface area contributed by atoms with E-state index in [0.717, 1.165) is 31.4 Å². The maximum absolute atomic E-state index is 13.8. The predicted molar refractivity (Wildman–Crippen MR) is 68.2 cm³/mol. The van der Waals surface area contributed by atoms with E-state index in [2.05, 4.69) is 0 Å². The summed E-state index contributed by atoms with van der Waals surface area (Å²) in [4.78, 5) is 11.9. The van der Waals surface area contributed by atoms with Gasteiger partial charge in [0.15, 0.2) is 0 Å². The number of hydrogen-bond acceptors (Lipinski definition) is 2. The first-order valence-corrected chi connectivity index (χ1v) is 6.87. The zero-order valence-electron chi connectivity index (χ0n) is 11.5. The van der Waals surface area contributed by atoms with Crippen LogP contribution in [0.15, 0.2) is 18.2 Å². The summed E-state index contributed by atoms with van der Waals surface area (Å²) in [6, 6.07) is 2.63. The van der Waals surface area contributed by atoms with E-state index in [4.69, 9.17) is 4.74 Å². The Hall–Kier alpha value is -1.59. The molecule has 2 rings (SSSR count). The van der Waals surface area contributed by atoms with Crippen LogP contribution in [0.3, 0.4) is 0 Å². The highest BCUT2D eigenvalue weighted by Crippen LogP contribution is 2.33. The highest BCUT2D eigenvalue weighted by molar-refractivity contribution is 5.90. The zero-order valence-corrected chi connectivity index (χ0v) is 11.5. The molecule has 0 saturated heterocycles. The largest absolute Gasteiger partial charge is 0.458 e. The predicted octanol–water partition coefficient (Wildman–Crippen LogP) is 4.58. The molecule has 0 bridgehead atoms. The van der Waals surface area contributed by atoms with E-state index in [1.165, 1.54) is 0 Å². The van der Waals surface area contributed by atoms with Gasteiger partial charge in [-0.05, 0) is 37.3 Å². The molecule has 0 amide bonds. The van der Waals surface area contributed by atoms with Crippen molar-refractivity contribution in [1.29, 1.82) is 0 Å². The van der Waals surface area contributed by atoms with Gasteiger partial charge in [0.2, 0.25) is 0 Å². The van der Waals surface area contributed by atoms with E-state index >= 15 is 0 Å². The lowest BCUT2D eigenvalue weighted by molar-refractivity contribution is -0.140. The van der Waals surface area contributed by atoms with Crippen LogP contribution >= 0.6 is 0 Å². The van der Waals surface area contributed by atoms with Gasteiger partial charge in [-0.2, -0.15) is 13.2 Å². The molecule has 116 valence electrons. The molecule has 1 aliphatic rings. The van der Waals surface area contributed by atoms with Crippen LogP contribution in [-0.2, 0) is 10.9 Å². The van der Waals surface area contributed by atoms with Gasteiger partial charge < -0.3 is 4.74 Å². The summed E-state index contributed by atoms with van der Waals surface area (Å²) in [5.41, 5.74) is -2.11. The molecule has 1 aliphatic carbocycles. The number of rotatable bonds is 2. The quantitative estimate of drug-likeness (QED) is 0.590. The van der Waals surface area contributed by atoms with Gasteiger partial charge in [0, 0.05) is 0 Å². The molecule has 6 heteroatoms. The molecule has 2 nitrogen and oxygen atoms in total. The van der Waals surface area contributed by atoms with Crippen LogP contribution in [0.5, 0.6) is 0 Å². The molecule has 0 aliphatic heterocycles. The Labute approximate surface area is 120 Å². The van der Waals surface area contributed by atoms with Gasteiger partial charge in [-0.15, -0.1) is 0 Å². The Balaban J connectivity index is 2.20. The SMILES string of the molecule is CC1CCCCC1OC(=O)c1cccc(C(F)(F)F)c1F. The second kappa shape index (κ2) is 6.03. The van der Waals surface area contributed by atoms with Crippen molar-refractivity contribution in [3.8, 4) is 0 Å². The van der Waals surface area contributed by atoms with Crippen molar-refractivity contribution in [3.05, 3.63) is 35.1 Å². The molecule has 0 spiro atoms. The van der Waals surface area contributed by atoms with Crippen molar-refractivity contribution >= 4 is 5.97 Å². The number of carbonyl (C=O) groups excluding carboxylic acids is 1. The van der Waals surface area contributed by atoms with E-state index in [0.29, 0.717) is 12.5 Å². The van der Waals surface area contributed by atoms with Gasteiger partial charge in [-0.1, -0.05) is 19.4 Å². The van der Waals surface area contributed by atoms with Gasteiger partial charge in [0.1, 0.15) is 11.9 Å². The summed E-state index contributed by atoms with van der Waals surface area (Å²) in [7, 11) is 0. The number of alkyl halides is 3. The van der Waals surface area contributed by atoms with Gasteiger partial charge in [-0.3, -0.25) is 0 Å². The lowest BCUT2D eigenvalue weighted by Gasteiger charge is -2.28. The highest BCUT2D eigenvalue weighted by Gasteiger charge is 2.36. The smallest absolute Gasteiger partial charge is 0.419 e. The van der Waals surface area contributed by atoms with Crippen LogP contribution in [-0.4, -0.2) is 12.1 Å². The van der Waals surface area contributed by atoms with Crippen LogP contribution in [0, 0.1) is 11.7 Å². The third-order valence-corrected chi connectivity index (χ3v) is 3.82. The molecule has 2 atom stereocenters. The first-order chi connectivity index (χ1) is 9.80. The minimum Gasteiger partial charge on any atom is -0.458 e. The first kappa shape index (κ1) is 15.8. The van der Waals surface area contributed by atoms with Gasteiger partial charge in [0.05, 0.1) is 11.1 Å². The Morgan fingerprint density at radius 3 is 2.52 bits per heavy atom. The number of benzene rings is 1. The summed E-state index contributed by atoms with van der Waals surface area (Å²) < 4.78 is 56.9. The van der Waals surface area contributed by atoms with Crippen LogP contribution in [0.2, 0.25) is 0 Å². The van der Waals surface area contributed by atoms with E-state index in [1.54, 1.807) is 0 Å². The molecule has 21 heavy (non-hydrogen) atoms. The standard InChI is InChI=1S/C15H16F4O2/c1-9-5-2-3-8-12(9)21-14(20)10-6-4-7-11(13(10)16)15(17,18)19/h4,6-7,9,12H,2-3,5,8H2,1H3. The van der Waals surface area contributed by atoms with Crippen molar-refractivity contribution in [2.24, 2.45) is 5.92 Å². The summed E-state index contributed by atoms with van der Waals surface area (Å²) in [6.45, 7) is 1.92. The summed E-state index contributed by atoms with van der Waals surface area (Å²) in [6.07, 6.45) is -1.71. The molecule has 1 fully saturated rings. The van der Waals surface area contributed by atoms with Crippen molar-refractivity contribution in [3.63, 3.8) is 0 Å². The topological polar surface area (TPSA) is 26.3 Å². The van der Waals surface area contributed by atoms with Crippen LogP contribution in [0.4, 0.5) is 17.6 Å². The minimum absolute atomic E-state index is 0.136. The first-order valence-electron chi connectivity index (χ1n) is 6.87. The van der Waals surface area contributed by atoms with E-state index in [1.807, 2.05) is 6.92 Å². The van der Waals surface area contributed by atoms with Crippen LogP contribution < -0.4 is 0 Å². The van der Waals surface area contributed by atoms with E-state index < -0.39 is 29.1 Å². The highest BCUT2D eigenvalue weighted by atomic mass is 19.4. The molecule has 0 aromatic heterocycles. The lowest BCUT2D eigenvalue weighted by atomic mass is 9.88. The van der Waals surface area contributed by atoms with Crippen LogP contribution in [0.25, 0.3) is 0 Å². The van der Waals surface area contributed by atoms with Crippen molar-refractivity contribution in [2.75, 3.05) is 0 Å². The summed E-state index contributed by atoms with van der Waals surface area (Å²) >= 11 is 0. The van der Waals surface area contributed by atoms with Crippen molar-refractivity contribution in [2.45, 2.75) is 44.9 Å². The lowest BCUT2D eigenvalue weighted by Crippen LogP contribution is -2.28. The summed E-state index contributed by atoms with van der Waals surface area (Å²) in [5, 5.41) is 0. The van der Waals surface area contributed by atoms with E-state index in [-0.39, 0.29) is 12.0 Å². The zero-order chi connectivity index (χ0) is 15.6. The Morgan fingerprint density at radius 2 is 1.90 bits per heavy atom. The fourth-order valence-corrected chi connectivity index (χ4v) is 2.57. The monoisotopic (exact) mass is 304 g/mol. The maximum atomic E-state index is 13.8. The molecule has 0 N–H and O–H groups in total. The van der Waals surface area contributed by atoms with Gasteiger partial charge in [-0.25, -0.2) is 9.18 Å².